The molecule has 4 amide bonds. The van der Waals surface area contributed by atoms with Crippen LogP contribution in [0.15, 0.2) is 54.6 Å². The zero-order chi connectivity index (χ0) is 32.4. The summed E-state index contributed by atoms with van der Waals surface area (Å²) in [5, 5.41) is 8.36. The number of carbonyl (C=O) groups is 6. The number of unbranched alkanes of at least 4 members (excludes halogenated alkanes) is 1. The predicted molar refractivity (Wildman–Crippen MR) is 171 cm³/mol. The van der Waals surface area contributed by atoms with Crippen LogP contribution in [0.3, 0.4) is 0 Å². The second kappa shape index (κ2) is 19.1. The van der Waals surface area contributed by atoms with E-state index >= 15 is 0 Å². The Labute approximate surface area is 265 Å². The molecule has 10 heteroatoms. The van der Waals surface area contributed by atoms with E-state index < -0.39 is 23.9 Å². The van der Waals surface area contributed by atoms with E-state index in [-0.39, 0.29) is 36.9 Å². The molecule has 2 atom stereocenters. The maximum absolute atomic E-state index is 13.3. The molecular formula is C35H46N4O6. The topological polar surface area (TPSA) is 165 Å². The van der Waals surface area contributed by atoms with E-state index in [4.69, 9.17) is 5.73 Å². The maximum Gasteiger partial charge on any atom is 0.242 e. The van der Waals surface area contributed by atoms with Gasteiger partial charge in [-0.25, -0.2) is 0 Å². The standard InChI is InChI=1S/C35H46N4O6/c36-34(44)29(38-31(41)15-9-23-40)14-7-8-22-37-35(45)30(39-32(42)21-18-25-10-3-1-4-11-25)24-26-16-19-28(20-17-26)33(43)27-12-5-2-6-13-27/h2,5-6,12-13,16-17,19-20,23,25,29-30H,1,3-4,7-11,14-15,18,21-22,24H2,(H2,36,44)(H,37,45)(H,38,41)(H,39,42)/t29-,30+/m0/s1. The van der Waals surface area contributed by atoms with E-state index in [2.05, 4.69) is 16.0 Å². The Morgan fingerprint density at radius 1 is 0.800 bits per heavy atom. The molecule has 0 spiro atoms. The van der Waals surface area contributed by atoms with E-state index in [0.29, 0.717) is 55.6 Å². The lowest BCUT2D eigenvalue weighted by molar-refractivity contribution is -0.129. The molecule has 45 heavy (non-hydrogen) atoms. The van der Waals surface area contributed by atoms with Gasteiger partial charge in [-0.3, -0.25) is 24.0 Å². The van der Waals surface area contributed by atoms with Gasteiger partial charge >= 0.3 is 0 Å². The Morgan fingerprint density at radius 2 is 1.44 bits per heavy atom. The summed E-state index contributed by atoms with van der Waals surface area (Å²) in [5.74, 6) is -1.10. The van der Waals surface area contributed by atoms with Crippen molar-refractivity contribution in [2.45, 2.75) is 95.6 Å². The Balaban J connectivity index is 1.56. The lowest BCUT2D eigenvalue weighted by Gasteiger charge is -2.22. The molecule has 10 nitrogen and oxygen atoms in total. The summed E-state index contributed by atoms with van der Waals surface area (Å²) in [7, 11) is 0. The molecule has 0 heterocycles. The van der Waals surface area contributed by atoms with E-state index in [1.807, 2.05) is 18.2 Å². The van der Waals surface area contributed by atoms with Crippen LogP contribution in [0.4, 0.5) is 0 Å². The number of nitrogens with two attached hydrogens (primary N) is 1. The van der Waals surface area contributed by atoms with E-state index in [1.165, 1.54) is 19.3 Å². The Kier molecular flexibility index (Phi) is 14.9. The van der Waals surface area contributed by atoms with Crippen molar-refractivity contribution in [3.05, 3.63) is 71.3 Å². The maximum atomic E-state index is 13.3. The molecule has 0 aromatic heterocycles. The van der Waals surface area contributed by atoms with Crippen molar-refractivity contribution in [1.29, 1.82) is 0 Å². The molecule has 0 unspecified atom stereocenters. The van der Waals surface area contributed by atoms with Crippen molar-refractivity contribution in [2.24, 2.45) is 11.7 Å². The second-order valence-electron chi connectivity index (χ2n) is 11.8. The molecule has 1 saturated carbocycles. The number of amides is 4. The first-order valence-corrected chi connectivity index (χ1v) is 16.0. The third-order valence-corrected chi connectivity index (χ3v) is 8.23. The highest BCUT2D eigenvalue weighted by Gasteiger charge is 2.23. The van der Waals surface area contributed by atoms with E-state index in [9.17, 15) is 28.8 Å². The number of nitrogens with one attached hydrogen (secondary N) is 3. The third-order valence-electron chi connectivity index (χ3n) is 8.23. The van der Waals surface area contributed by atoms with Crippen LogP contribution in [-0.4, -0.2) is 54.3 Å². The Morgan fingerprint density at radius 3 is 2.11 bits per heavy atom. The number of carbonyl (C=O) groups excluding carboxylic acids is 6. The summed E-state index contributed by atoms with van der Waals surface area (Å²) in [6, 6.07) is 14.4. The summed E-state index contributed by atoms with van der Waals surface area (Å²) in [5.41, 5.74) is 7.35. The average Bonchev–Trinajstić information content (AvgIpc) is 3.06. The number of ketones is 1. The van der Waals surface area contributed by atoms with Crippen LogP contribution >= 0.6 is 0 Å². The summed E-state index contributed by atoms with van der Waals surface area (Å²) >= 11 is 0. The third kappa shape index (κ3) is 12.7. The fourth-order valence-electron chi connectivity index (χ4n) is 5.62. The van der Waals surface area contributed by atoms with Crippen molar-refractivity contribution in [2.75, 3.05) is 6.54 Å². The van der Waals surface area contributed by atoms with Crippen molar-refractivity contribution in [3.8, 4) is 0 Å². The highest BCUT2D eigenvalue weighted by Crippen LogP contribution is 2.27. The summed E-state index contributed by atoms with van der Waals surface area (Å²) in [6.45, 7) is 0.308. The number of aldehydes is 1. The van der Waals surface area contributed by atoms with Gasteiger partial charge in [-0.2, -0.15) is 0 Å². The molecule has 0 aliphatic heterocycles. The first-order valence-electron chi connectivity index (χ1n) is 16.0. The lowest BCUT2D eigenvalue weighted by Crippen LogP contribution is -2.48. The molecule has 0 radical (unpaired) electrons. The van der Waals surface area contributed by atoms with Gasteiger partial charge in [0.05, 0.1) is 0 Å². The highest BCUT2D eigenvalue weighted by atomic mass is 16.2. The molecular weight excluding hydrogens is 572 g/mol. The second-order valence-corrected chi connectivity index (χ2v) is 11.8. The fourth-order valence-corrected chi connectivity index (χ4v) is 5.62. The molecule has 2 aromatic carbocycles. The number of benzene rings is 2. The molecule has 3 rings (SSSR count). The molecule has 1 fully saturated rings. The predicted octanol–water partition coefficient (Wildman–Crippen LogP) is 3.54. The van der Waals surface area contributed by atoms with E-state index in [0.717, 1.165) is 24.8 Å². The molecule has 1 aliphatic rings. The van der Waals surface area contributed by atoms with Crippen LogP contribution in [0, 0.1) is 5.92 Å². The van der Waals surface area contributed by atoms with E-state index in [1.54, 1.807) is 36.4 Å². The van der Waals surface area contributed by atoms with Gasteiger partial charge in [0.2, 0.25) is 23.6 Å². The molecule has 5 N–H and O–H groups in total. The van der Waals surface area contributed by atoms with Gasteiger partial charge < -0.3 is 26.5 Å². The zero-order valence-electron chi connectivity index (χ0n) is 25.9. The van der Waals surface area contributed by atoms with Crippen LogP contribution in [0.25, 0.3) is 0 Å². The van der Waals surface area contributed by atoms with Crippen LogP contribution < -0.4 is 21.7 Å². The van der Waals surface area contributed by atoms with Gasteiger partial charge in [0.15, 0.2) is 5.78 Å². The largest absolute Gasteiger partial charge is 0.368 e. The number of rotatable bonds is 19. The highest BCUT2D eigenvalue weighted by molar-refractivity contribution is 6.08. The minimum atomic E-state index is -0.854. The Hall–Kier alpha value is -4.34. The normalized spacial score (nSPS) is 14.5. The SMILES string of the molecule is NC(=O)[C@H](CCCCNC(=O)[C@@H](Cc1ccc(C(=O)c2ccccc2)cc1)NC(=O)CCC1CCCCC1)NC(=O)CCC=O. The van der Waals surface area contributed by atoms with Gasteiger partial charge in [0.25, 0.3) is 0 Å². The first-order chi connectivity index (χ1) is 21.8. The monoisotopic (exact) mass is 618 g/mol. The van der Waals surface area contributed by atoms with Crippen LogP contribution in [0.2, 0.25) is 0 Å². The van der Waals surface area contributed by atoms with Gasteiger partial charge in [0, 0.05) is 43.4 Å². The van der Waals surface area contributed by atoms with Crippen molar-refractivity contribution >= 4 is 35.7 Å². The lowest BCUT2D eigenvalue weighted by atomic mass is 9.86. The van der Waals surface area contributed by atoms with Gasteiger partial charge in [0.1, 0.15) is 18.4 Å². The summed E-state index contributed by atoms with van der Waals surface area (Å²) in [4.78, 5) is 73.1. The van der Waals surface area contributed by atoms with Crippen LogP contribution in [0.5, 0.6) is 0 Å². The average molecular weight is 619 g/mol. The van der Waals surface area contributed by atoms with Gasteiger partial charge in [-0.15, -0.1) is 0 Å². The van der Waals surface area contributed by atoms with Crippen LogP contribution in [-0.2, 0) is 30.4 Å². The van der Waals surface area contributed by atoms with Gasteiger partial charge in [-0.05, 0) is 37.2 Å². The fraction of sp³-hybridized carbons (Fsp3) is 0.486. The number of hydrogen-bond acceptors (Lipinski definition) is 6. The minimum Gasteiger partial charge on any atom is -0.368 e. The Bertz CT molecular complexity index is 1270. The van der Waals surface area contributed by atoms with Crippen molar-refractivity contribution < 1.29 is 28.8 Å². The zero-order valence-corrected chi connectivity index (χ0v) is 25.9. The summed E-state index contributed by atoms with van der Waals surface area (Å²) in [6.07, 6.45) is 9.40. The van der Waals surface area contributed by atoms with Gasteiger partial charge in [-0.1, -0.05) is 86.7 Å². The quantitative estimate of drug-likeness (QED) is 0.107. The van der Waals surface area contributed by atoms with Crippen molar-refractivity contribution in [3.63, 3.8) is 0 Å². The van der Waals surface area contributed by atoms with Crippen molar-refractivity contribution in [1.82, 2.24) is 16.0 Å². The smallest absolute Gasteiger partial charge is 0.242 e. The minimum absolute atomic E-state index is 0.0108. The summed E-state index contributed by atoms with van der Waals surface area (Å²) < 4.78 is 0. The molecule has 1 aliphatic carbocycles. The number of hydrogen-bond donors (Lipinski definition) is 4. The molecule has 2 aromatic rings. The molecule has 0 saturated heterocycles. The molecule has 242 valence electrons. The van der Waals surface area contributed by atoms with Crippen LogP contribution in [0.1, 0.15) is 98.5 Å². The first kappa shape index (κ1) is 35.1. The number of primary amides is 1. The molecule has 0 bridgehead atoms.